The second kappa shape index (κ2) is 13.7. The van der Waals surface area contributed by atoms with E-state index in [1.807, 2.05) is 48.7 Å². The number of hydrogen-bond acceptors (Lipinski definition) is 1. The predicted molar refractivity (Wildman–Crippen MR) is 149 cm³/mol. The topological polar surface area (TPSA) is 28.7 Å². The molecule has 2 atom stereocenters. The van der Waals surface area contributed by atoms with Crippen molar-refractivity contribution in [1.82, 2.24) is 9.97 Å². The van der Waals surface area contributed by atoms with Gasteiger partial charge in [-0.05, 0) is 43.8 Å². The summed E-state index contributed by atoms with van der Waals surface area (Å²) in [6.45, 7) is 6.03. The van der Waals surface area contributed by atoms with Crippen molar-refractivity contribution in [3.05, 3.63) is 126 Å². The van der Waals surface area contributed by atoms with Crippen LogP contribution in [0.1, 0.15) is 29.4 Å². The average molecular weight is 487 g/mol. The van der Waals surface area contributed by atoms with E-state index >= 15 is 0 Å². The van der Waals surface area contributed by atoms with E-state index in [-0.39, 0.29) is 6.71 Å². The molecule has 1 aromatic heterocycles. The number of benzene rings is 3. The van der Waals surface area contributed by atoms with E-state index in [2.05, 4.69) is 66.3 Å². The summed E-state index contributed by atoms with van der Waals surface area (Å²) in [7, 11) is 0. The van der Waals surface area contributed by atoms with Gasteiger partial charge in [0.25, 0.3) is 0 Å². The Morgan fingerprint density at radius 2 is 1.49 bits per heavy atom. The standard InChI is InChI=1S/C18H19BClF.C12H14N2/c1-15(21)18(20)13-8-14-19(16-9-4-2-5-10-16)17-11-6-3-7-12-17;1-9-4-3-5-10(2)11(9)8-12-13-6-7-14-12/h2-13,15,18H,14H2,1H3;3-7H,8H2,1-2H3,(H,13,14). The Labute approximate surface area is 214 Å². The van der Waals surface area contributed by atoms with Crippen molar-refractivity contribution in [2.24, 2.45) is 0 Å². The molecule has 0 spiro atoms. The van der Waals surface area contributed by atoms with Gasteiger partial charge in [0.05, 0.1) is 5.38 Å². The van der Waals surface area contributed by atoms with Crippen LogP contribution < -0.4 is 10.9 Å². The molecule has 1 N–H and O–H groups in total. The number of nitrogens with zero attached hydrogens (tertiary/aromatic N) is 1. The van der Waals surface area contributed by atoms with Crippen LogP contribution >= 0.6 is 11.6 Å². The van der Waals surface area contributed by atoms with Gasteiger partial charge >= 0.3 is 0 Å². The zero-order chi connectivity index (χ0) is 25.0. The van der Waals surface area contributed by atoms with Crippen LogP contribution in [0.2, 0.25) is 6.32 Å². The summed E-state index contributed by atoms with van der Waals surface area (Å²) in [6, 6.07) is 27.1. The normalized spacial score (nSPS) is 12.6. The monoisotopic (exact) mass is 486 g/mol. The number of hydrogen-bond donors (Lipinski definition) is 1. The highest BCUT2D eigenvalue weighted by Gasteiger charge is 2.17. The van der Waals surface area contributed by atoms with E-state index < -0.39 is 11.5 Å². The van der Waals surface area contributed by atoms with E-state index in [1.165, 1.54) is 34.5 Å². The van der Waals surface area contributed by atoms with E-state index in [0.29, 0.717) is 0 Å². The predicted octanol–water partition coefficient (Wildman–Crippen LogP) is 6.43. The van der Waals surface area contributed by atoms with Crippen LogP contribution in [0, 0.1) is 13.8 Å². The third-order valence-electron chi connectivity index (χ3n) is 6.08. The summed E-state index contributed by atoms with van der Waals surface area (Å²) >= 11 is 5.93. The third kappa shape index (κ3) is 8.26. The lowest BCUT2D eigenvalue weighted by Gasteiger charge is -2.13. The van der Waals surface area contributed by atoms with Crippen molar-refractivity contribution < 1.29 is 4.39 Å². The Balaban J connectivity index is 0.000000211. The van der Waals surface area contributed by atoms with Gasteiger partial charge in [0.15, 0.2) is 0 Å². The highest BCUT2D eigenvalue weighted by Crippen LogP contribution is 2.16. The van der Waals surface area contributed by atoms with Gasteiger partial charge in [-0.25, -0.2) is 9.37 Å². The largest absolute Gasteiger partial charge is 0.348 e. The number of alkyl halides is 2. The number of allylic oxidation sites excluding steroid dienone is 2. The molecule has 3 aromatic carbocycles. The first-order valence-corrected chi connectivity index (χ1v) is 12.5. The van der Waals surface area contributed by atoms with Gasteiger partial charge < -0.3 is 4.98 Å². The summed E-state index contributed by atoms with van der Waals surface area (Å²) in [6.07, 6.45) is 8.07. The lowest BCUT2D eigenvalue weighted by Crippen LogP contribution is -2.41. The summed E-state index contributed by atoms with van der Waals surface area (Å²) < 4.78 is 13.1. The van der Waals surface area contributed by atoms with E-state index in [1.54, 1.807) is 12.3 Å². The lowest BCUT2D eigenvalue weighted by atomic mass is 9.39. The van der Waals surface area contributed by atoms with Gasteiger partial charge in [-0.2, -0.15) is 0 Å². The first-order chi connectivity index (χ1) is 17.0. The molecule has 0 radical (unpaired) electrons. The summed E-state index contributed by atoms with van der Waals surface area (Å²) in [5.74, 6) is 1.03. The average Bonchev–Trinajstić information content (AvgIpc) is 3.39. The molecule has 2 unspecified atom stereocenters. The Kier molecular flexibility index (Phi) is 10.4. The molecule has 180 valence electrons. The molecule has 0 fully saturated rings. The van der Waals surface area contributed by atoms with Gasteiger partial charge in [0.1, 0.15) is 12.0 Å². The van der Waals surface area contributed by atoms with E-state index in [0.717, 1.165) is 18.6 Å². The minimum absolute atomic E-state index is 0.266. The fourth-order valence-electron chi connectivity index (χ4n) is 4.02. The molecular weight excluding hydrogens is 454 g/mol. The van der Waals surface area contributed by atoms with Crippen molar-refractivity contribution in [3.63, 3.8) is 0 Å². The highest BCUT2D eigenvalue weighted by atomic mass is 35.5. The SMILES string of the molecule is CC(F)C(Cl)C=CCB(c1ccccc1)c1ccccc1.Cc1cccc(C)c1Cc1ncc[nH]1. The van der Waals surface area contributed by atoms with Crippen LogP contribution in [0.15, 0.2) is 103 Å². The van der Waals surface area contributed by atoms with Crippen LogP contribution in [0.25, 0.3) is 0 Å². The minimum atomic E-state index is -1.03. The number of nitrogens with one attached hydrogen (secondary N) is 1. The third-order valence-corrected chi connectivity index (χ3v) is 6.57. The Hall–Kier alpha value is -3.11. The molecule has 4 aromatic rings. The fourth-order valence-corrected chi connectivity index (χ4v) is 4.13. The number of H-pyrrole nitrogens is 1. The quantitative estimate of drug-likeness (QED) is 0.173. The number of rotatable bonds is 8. The maximum absolute atomic E-state index is 13.1. The summed E-state index contributed by atoms with van der Waals surface area (Å²) in [5, 5.41) is -0.558. The van der Waals surface area contributed by atoms with Gasteiger partial charge in [-0.1, -0.05) is 102 Å². The molecule has 4 rings (SSSR count). The van der Waals surface area contributed by atoms with Gasteiger partial charge in [0.2, 0.25) is 6.71 Å². The molecule has 0 bridgehead atoms. The molecule has 1 heterocycles. The highest BCUT2D eigenvalue weighted by molar-refractivity contribution is 6.85. The van der Waals surface area contributed by atoms with Gasteiger partial charge in [-0.3, -0.25) is 0 Å². The number of halogens is 2. The molecule has 0 aliphatic carbocycles. The van der Waals surface area contributed by atoms with Crippen molar-refractivity contribution in [1.29, 1.82) is 0 Å². The molecule has 5 heteroatoms. The van der Waals surface area contributed by atoms with Crippen molar-refractivity contribution >= 4 is 29.2 Å². The molecule has 0 aliphatic rings. The molecular formula is C30H33BClFN2. The van der Waals surface area contributed by atoms with Crippen molar-refractivity contribution in [2.75, 3.05) is 0 Å². The maximum Gasteiger partial charge on any atom is 0.213 e. The van der Waals surface area contributed by atoms with Crippen molar-refractivity contribution in [2.45, 2.75) is 45.1 Å². The van der Waals surface area contributed by atoms with Crippen molar-refractivity contribution in [3.8, 4) is 0 Å². The Morgan fingerprint density at radius 1 is 0.914 bits per heavy atom. The minimum Gasteiger partial charge on any atom is -0.348 e. The van der Waals surface area contributed by atoms with Crippen LogP contribution in [-0.2, 0) is 6.42 Å². The lowest BCUT2D eigenvalue weighted by molar-refractivity contribution is 0.369. The van der Waals surface area contributed by atoms with Crippen LogP contribution in [0.4, 0.5) is 4.39 Å². The number of aryl methyl sites for hydroxylation is 2. The molecule has 0 aliphatic heterocycles. The second-order valence-corrected chi connectivity index (χ2v) is 9.25. The first kappa shape index (κ1) is 26.5. The van der Waals surface area contributed by atoms with E-state index in [9.17, 15) is 4.39 Å². The summed E-state index contributed by atoms with van der Waals surface area (Å²) in [5.41, 5.74) is 6.56. The molecule has 0 saturated carbocycles. The molecule has 0 amide bonds. The molecule has 35 heavy (non-hydrogen) atoms. The first-order valence-electron chi connectivity index (χ1n) is 12.0. The molecule has 2 nitrogen and oxygen atoms in total. The zero-order valence-corrected chi connectivity index (χ0v) is 21.4. The summed E-state index contributed by atoms with van der Waals surface area (Å²) in [4.78, 5) is 7.37. The van der Waals surface area contributed by atoms with E-state index in [4.69, 9.17) is 11.6 Å². The second-order valence-electron chi connectivity index (χ2n) is 8.74. The van der Waals surface area contributed by atoms with Crippen LogP contribution in [0.3, 0.4) is 0 Å². The Morgan fingerprint density at radius 3 is 1.97 bits per heavy atom. The number of imidazole rings is 1. The Bertz CT molecular complexity index is 1100. The molecule has 0 saturated heterocycles. The zero-order valence-electron chi connectivity index (χ0n) is 20.7. The number of aromatic nitrogens is 2. The van der Waals surface area contributed by atoms with Gasteiger partial charge in [-0.15, -0.1) is 11.6 Å². The van der Waals surface area contributed by atoms with Gasteiger partial charge in [0, 0.05) is 18.8 Å². The van der Waals surface area contributed by atoms with Crippen LogP contribution in [0.5, 0.6) is 0 Å². The van der Waals surface area contributed by atoms with Crippen LogP contribution in [-0.4, -0.2) is 28.2 Å². The fraction of sp³-hybridized carbons (Fsp3) is 0.233. The maximum atomic E-state index is 13.1. The number of aromatic amines is 1. The smallest absolute Gasteiger partial charge is 0.213 e.